The fourth-order valence-electron chi connectivity index (χ4n) is 1.80. The summed E-state index contributed by atoms with van der Waals surface area (Å²) >= 11 is 0. The van der Waals surface area contributed by atoms with Gasteiger partial charge in [-0.3, -0.25) is 4.79 Å². The van der Waals surface area contributed by atoms with E-state index < -0.39 is 0 Å². The number of rotatable bonds is 6. The van der Waals surface area contributed by atoms with Crippen molar-refractivity contribution in [2.75, 3.05) is 7.11 Å². The molecule has 0 aliphatic heterocycles. The molecule has 1 heterocycles. The first-order chi connectivity index (χ1) is 10.1. The van der Waals surface area contributed by atoms with Gasteiger partial charge in [-0.15, -0.1) is 0 Å². The average Bonchev–Trinajstić information content (AvgIpc) is 2.91. The Hall–Kier alpha value is -2.37. The number of ether oxygens (including phenoxy) is 1. The van der Waals surface area contributed by atoms with Crippen LogP contribution in [0.5, 0.6) is 5.75 Å². The zero-order valence-electron chi connectivity index (χ0n) is 12.4. The lowest BCUT2D eigenvalue weighted by Crippen LogP contribution is -2.23. The predicted molar refractivity (Wildman–Crippen MR) is 77.0 cm³/mol. The molecule has 2 aromatic rings. The Kier molecular flexibility index (Phi) is 4.92. The van der Waals surface area contributed by atoms with Crippen molar-refractivity contribution in [3.8, 4) is 5.75 Å². The molecule has 0 aliphatic carbocycles. The number of methoxy groups -OCH3 is 1. The lowest BCUT2D eigenvalue weighted by atomic mass is 10.1. The molecule has 0 saturated heterocycles. The molecule has 0 saturated carbocycles. The highest BCUT2D eigenvalue weighted by molar-refractivity contribution is 5.94. The van der Waals surface area contributed by atoms with E-state index >= 15 is 0 Å². The van der Waals surface area contributed by atoms with Gasteiger partial charge in [-0.1, -0.05) is 19.0 Å². The summed E-state index contributed by atoms with van der Waals surface area (Å²) < 4.78 is 10.2. The number of hydrogen-bond acceptors (Lipinski definition) is 5. The highest BCUT2D eigenvalue weighted by Gasteiger charge is 2.10. The van der Waals surface area contributed by atoms with Crippen molar-refractivity contribution in [2.45, 2.75) is 26.8 Å². The Balaban J connectivity index is 1.89. The van der Waals surface area contributed by atoms with Gasteiger partial charge in [0.05, 0.1) is 13.7 Å². The SMILES string of the molecule is COc1ccc(C(=O)NCc2noc(CC(C)C)n2)cc1. The second-order valence-corrected chi connectivity index (χ2v) is 5.11. The van der Waals surface area contributed by atoms with Gasteiger partial charge in [0.25, 0.3) is 5.91 Å². The Morgan fingerprint density at radius 2 is 2.05 bits per heavy atom. The van der Waals surface area contributed by atoms with Crippen LogP contribution in [0.1, 0.15) is 35.9 Å². The fraction of sp³-hybridized carbons (Fsp3) is 0.400. The molecule has 112 valence electrons. The van der Waals surface area contributed by atoms with Gasteiger partial charge in [-0.05, 0) is 30.2 Å². The van der Waals surface area contributed by atoms with Crippen LogP contribution in [0.4, 0.5) is 0 Å². The van der Waals surface area contributed by atoms with Gasteiger partial charge in [-0.2, -0.15) is 4.98 Å². The molecular weight excluding hydrogens is 270 g/mol. The van der Waals surface area contributed by atoms with Crippen LogP contribution in [0.15, 0.2) is 28.8 Å². The monoisotopic (exact) mass is 289 g/mol. The van der Waals surface area contributed by atoms with Gasteiger partial charge in [0.2, 0.25) is 5.89 Å². The van der Waals surface area contributed by atoms with Gasteiger partial charge in [-0.25, -0.2) is 0 Å². The molecule has 6 nitrogen and oxygen atoms in total. The molecule has 6 heteroatoms. The third-order valence-electron chi connectivity index (χ3n) is 2.85. The number of carbonyl (C=O) groups excluding carboxylic acids is 1. The summed E-state index contributed by atoms with van der Waals surface area (Å²) in [5.41, 5.74) is 0.557. The van der Waals surface area contributed by atoms with Crippen LogP contribution in [0, 0.1) is 5.92 Å². The third kappa shape index (κ3) is 4.30. The molecule has 1 amide bonds. The second-order valence-electron chi connectivity index (χ2n) is 5.11. The van der Waals surface area contributed by atoms with E-state index in [2.05, 4.69) is 29.3 Å². The Labute approximate surface area is 123 Å². The van der Waals surface area contributed by atoms with Crippen LogP contribution in [0.3, 0.4) is 0 Å². The average molecular weight is 289 g/mol. The number of hydrogen-bond donors (Lipinski definition) is 1. The van der Waals surface area contributed by atoms with Gasteiger partial charge in [0.15, 0.2) is 5.82 Å². The largest absolute Gasteiger partial charge is 0.497 e. The zero-order chi connectivity index (χ0) is 15.2. The normalized spacial score (nSPS) is 10.7. The van der Waals surface area contributed by atoms with E-state index in [0.29, 0.717) is 28.9 Å². The number of benzene rings is 1. The summed E-state index contributed by atoms with van der Waals surface area (Å²) in [5.74, 6) is 2.05. The van der Waals surface area contributed by atoms with Crippen molar-refractivity contribution in [1.29, 1.82) is 0 Å². The molecule has 1 aromatic carbocycles. The van der Waals surface area contributed by atoms with Gasteiger partial charge >= 0.3 is 0 Å². The van der Waals surface area contributed by atoms with Crippen molar-refractivity contribution in [2.24, 2.45) is 5.92 Å². The number of nitrogens with zero attached hydrogens (tertiary/aromatic N) is 2. The van der Waals surface area contributed by atoms with Gasteiger partial charge in [0.1, 0.15) is 5.75 Å². The van der Waals surface area contributed by atoms with Crippen LogP contribution < -0.4 is 10.1 Å². The Morgan fingerprint density at radius 1 is 1.33 bits per heavy atom. The number of carbonyl (C=O) groups is 1. The van der Waals surface area contributed by atoms with E-state index in [1.54, 1.807) is 31.4 Å². The molecule has 0 unspecified atom stereocenters. The zero-order valence-corrected chi connectivity index (χ0v) is 12.4. The second kappa shape index (κ2) is 6.88. The molecule has 0 fully saturated rings. The number of aromatic nitrogens is 2. The summed E-state index contributed by atoms with van der Waals surface area (Å²) in [4.78, 5) is 16.2. The van der Waals surface area contributed by atoms with E-state index in [0.717, 1.165) is 6.42 Å². The summed E-state index contributed by atoms with van der Waals surface area (Å²) in [6, 6.07) is 6.89. The van der Waals surface area contributed by atoms with Crippen LogP contribution in [-0.4, -0.2) is 23.2 Å². The highest BCUT2D eigenvalue weighted by atomic mass is 16.5. The van der Waals surface area contributed by atoms with E-state index in [1.807, 2.05) is 0 Å². The first-order valence-corrected chi connectivity index (χ1v) is 6.82. The van der Waals surface area contributed by atoms with Crippen molar-refractivity contribution >= 4 is 5.91 Å². The van der Waals surface area contributed by atoms with Crippen LogP contribution in [-0.2, 0) is 13.0 Å². The summed E-state index contributed by atoms with van der Waals surface area (Å²) in [5, 5.41) is 6.60. The lowest BCUT2D eigenvalue weighted by molar-refractivity contribution is 0.0949. The lowest BCUT2D eigenvalue weighted by Gasteiger charge is -2.03. The minimum absolute atomic E-state index is 0.187. The van der Waals surface area contributed by atoms with E-state index in [9.17, 15) is 4.79 Å². The molecule has 21 heavy (non-hydrogen) atoms. The standard InChI is InChI=1S/C15H19N3O3/c1-10(2)8-14-17-13(18-21-14)9-16-15(19)11-4-6-12(20-3)7-5-11/h4-7,10H,8-9H2,1-3H3,(H,16,19). The molecule has 0 atom stereocenters. The van der Waals surface area contributed by atoms with Crippen LogP contribution >= 0.6 is 0 Å². The van der Waals surface area contributed by atoms with Crippen LogP contribution in [0.25, 0.3) is 0 Å². The molecule has 0 radical (unpaired) electrons. The smallest absolute Gasteiger partial charge is 0.251 e. The molecule has 0 bridgehead atoms. The van der Waals surface area contributed by atoms with E-state index in [-0.39, 0.29) is 12.5 Å². The number of nitrogens with one attached hydrogen (secondary N) is 1. The molecule has 0 aliphatic rings. The first kappa shape index (κ1) is 15.0. The number of amides is 1. The molecule has 1 aromatic heterocycles. The molecule has 2 rings (SSSR count). The van der Waals surface area contributed by atoms with E-state index in [1.165, 1.54) is 0 Å². The van der Waals surface area contributed by atoms with Crippen molar-refractivity contribution in [1.82, 2.24) is 15.5 Å². The third-order valence-corrected chi connectivity index (χ3v) is 2.85. The Morgan fingerprint density at radius 3 is 2.67 bits per heavy atom. The van der Waals surface area contributed by atoms with E-state index in [4.69, 9.17) is 9.26 Å². The first-order valence-electron chi connectivity index (χ1n) is 6.82. The van der Waals surface area contributed by atoms with Gasteiger partial charge < -0.3 is 14.6 Å². The summed E-state index contributed by atoms with van der Waals surface area (Å²) in [6.07, 6.45) is 0.736. The minimum atomic E-state index is -0.187. The minimum Gasteiger partial charge on any atom is -0.497 e. The van der Waals surface area contributed by atoms with Crippen molar-refractivity contribution in [3.63, 3.8) is 0 Å². The maximum atomic E-state index is 12.0. The predicted octanol–water partition coefficient (Wildman–Crippen LogP) is 2.21. The quantitative estimate of drug-likeness (QED) is 0.882. The van der Waals surface area contributed by atoms with Crippen molar-refractivity contribution in [3.05, 3.63) is 41.5 Å². The van der Waals surface area contributed by atoms with Gasteiger partial charge in [0, 0.05) is 12.0 Å². The summed E-state index contributed by atoms with van der Waals surface area (Å²) in [7, 11) is 1.58. The maximum Gasteiger partial charge on any atom is 0.251 e. The molecule has 0 spiro atoms. The van der Waals surface area contributed by atoms with Crippen molar-refractivity contribution < 1.29 is 14.1 Å². The molecular formula is C15H19N3O3. The Bertz CT molecular complexity index is 590. The summed E-state index contributed by atoms with van der Waals surface area (Å²) in [6.45, 7) is 4.40. The maximum absolute atomic E-state index is 12.0. The fourth-order valence-corrected chi connectivity index (χ4v) is 1.80. The highest BCUT2D eigenvalue weighted by Crippen LogP contribution is 2.11. The van der Waals surface area contributed by atoms with Crippen LogP contribution in [0.2, 0.25) is 0 Å². The molecule has 1 N–H and O–H groups in total. The topological polar surface area (TPSA) is 77.2 Å².